The molecule has 0 saturated carbocycles. The van der Waals surface area contributed by atoms with E-state index in [1.807, 2.05) is 11.6 Å². The zero-order valence-corrected chi connectivity index (χ0v) is 13.2. The number of hydrogen-bond donors (Lipinski definition) is 0. The van der Waals surface area contributed by atoms with Crippen molar-refractivity contribution in [3.05, 3.63) is 29.0 Å². The van der Waals surface area contributed by atoms with Crippen molar-refractivity contribution in [2.75, 3.05) is 42.6 Å². The molecular weight excluding hydrogens is 298 g/mol. The van der Waals surface area contributed by atoms with Crippen molar-refractivity contribution < 1.29 is 4.74 Å². The molecule has 0 radical (unpaired) electrons. The van der Waals surface area contributed by atoms with Crippen molar-refractivity contribution in [2.24, 2.45) is 0 Å². The third kappa shape index (κ3) is 2.78. The standard InChI is InChI=1S/C15H19N5OS/c1-2-5-19(4-1)13-9-14(18-11-17-13)20-6-7-21-12(10-20)15-16-3-8-22-15/h3,8-9,11-12H,1-2,4-7,10H2. The van der Waals surface area contributed by atoms with Gasteiger partial charge in [0.05, 0.1) is 13.2 Å². The molecule has 1 atom stereocenters. The van der Waals surface area contributed by atoms with Crippen molar-refractivity contribution >= 4 is 23.0 Å². The number of morpholine rings is 1. The lowest BCUT2D eigenvalue weighted by Gasteiger charge is -2.33. The summed E-state index contributed by atoms with van der Waals surface area (Å²) in [4.78, 5) is 17.9. The summed E-state index contributed by atoms with van der Waals surface area (Å²) in [7, 11) is 0. The Hall–Kier alpha value is -1.73. The van der Waals surface area contributed by atoms with Gasteiger partial charge in [-0.2, -0.15) is 0 Å². The fourth-order valence-electron chi connectivity index (χ4n) is 3.03. The van der Waals surface area contributed by atoms with Crippen LogP contribution in [0.3, 0.4) is 0 Å². The second kappa shape index (κ2) is 6.18. The maximum Gasteiger partial charge on any atom is 0.134 e. The minimum atomic E-state index is 0.0407. The molecular formula is C15H19N5OS. The third-order valence-electron chi connectivity index (χ3n) is 4.19. The van der Waals surface area contributed by atoms with Gasteiger partial charge in [0.2, 0.25) is 0 Å². The maximum absolute atomic E-state index is 5.86. The summed E-state index contributed by atoms with van der Waals surface area (Å²) >= 11 is 1.65. The van der Waals surface area contributed by atoms with Crippen molar-refractivity contribution in [2.45, 2.75) is 18.9 Å². The quantitative estimate of drug-likeness (QED) is 0.864. The fraction of sp³-hybridized carbons (Fsp3) is 0.533. The molecule has 4 rings (SSSR count). The Balaban J connectivity index is 1.52. The fourth-order valence-corrected chi connectivity index (χ4v) is 3.71. The molecule has 0 N–H and O–H groups in total. The van der Waals surface area contributed by atoms with Crippen LogP contribution in [-0.2, 0) is 4.74 Å². The summed E-state index contributed by atoms with van der Waals surface area (Å²) in [5, 5.41) is 3.03. The first-order valence-corrected chi connectivity index (χ1v) is 8.61. The van der Waals surface area contributed by atoms with Crippen LogP contribution >= 0.6 is 11.3 Å². The molecule has 0 spiro atoms. The lowest BCUT2D eigenvalue weighted by Crippen LogP contribution is -2.39. The Morgan fingerprint density at radius 1 is 1.05 bits per heavy atom. The predicted octanol–water partition coefficient (Wildman–Crippen LogP) is 2.11. The minimum Gasteiger partial charge on any atom is -0.367 e. The van der Waals surface area contributed by atoms with Crippen LogP contribution in [-0.4, -0.2) is 47.7 Å². The number of thiazole rings is 1. The van der Waals surface area contributed by atoms with Gasteiger partial charge < -0.3 is 14.5 Å². The summed E-state index contributed by atoms with van der Waals surface area (Å²) in [5.41, 5.74) is 0. The molecule has 2 aromatic heterocycles. The van der Waals surface area contributed by atoms with Gasteiger partial charge in [-0.15, -0.1) is 11.3 Å². The Morgan fingerprint density at radius 2 is 1.86 bits per heavy atom. The molecule has 2 fully saturated rings. The molecule has 0 bridgehead atoms. The smallest absolute Gasteiger partial charge is 0.134 e. The van der Waals surface area contributed by atoms with E-state index in [0.717, 1.165) is 42.8 Å². The first kappa shape index (κ1) is 13.9. The molecule has 1 unspecified atom stereocenters. The summed E-state index contributed by atoms with van der Waals surface area (Å²) in [6.45, 7) is 4.55. The van der Waals surface area contributed by atoms with Crippen LogP contribution in [0.15, 0.2) is 24.0 Å². The highest BCUT2D eigenvalue weighted by Crippen LogP contribution is 2.28. The summed E-state index contributed by atoms with van der Waals surface area (Å²) in [6.07, 6.45) is 6.06. The normalized spacial score (nSPS) is 22.3. The second-order valence-corrected chi connectivity index (χ2v) is 6.53. The van der Waals surface area contributed by atoms with Crippen LogP contribution in [0.2, 0.25) is 0 Å². The SMILES string of the molecule is c1nc(N2CCCC2)cc(N2CCOC(c3nccs3)C2)n1. The number of nitrogens with zero attached hydrogens (tertiary/aromatic N) is 5. The summed E-state index contributed by atoms with van der Waals surface area (Å²) in [6, 6.07) is 2.11. The minimum absolute atomic E-state index is 0.0407. The van der Waals surface area contributed by atoms with Gasteiger partial charge >= 0.3 is 0 Å². The van der Waals surface area contributed by atoms with Gasteiger partial charge in [0, 0.05) is 37.3 Å². The third-order valence-corrected chi connectivity index (χ3v) is 5.05. The number of aromatic nitrogens is 3. The number of hydrogen-bond acceptors (Lipinski definition) is 7. The molecule has 116 valence electrons. The van der Waals surface area contributed by atoms with Crippen molar-refractivity contribution in [3.8, 4) is 0 Å². The maximum atomic E-state index is 5.86. The monoisotopic (exact) mass is 317 g/mol. The van der Waals surface area contributed by atoms with Crippen molar-refractivity contribution in [1.82, 2.24) is 15.0 Å². The Labute approximate surface area is 133 Å². The first-order valence-electron chi connectivity index (χ1n) is 7.73. The van der Waals surface area contributed by atoms with Gasteiger partial charge in [0.25, 0.3) is 0 Å². The van der Waals surface area contributed by atoms with E-state index in [0.29, 0.717) is 6.61 Å². The molecule has 0 amide bonds. The lowest BCUT2D eigenvalue weighted by molar-refractivity contribution is 0.0393. The average Bonchev–Trinajstić information content (AvgIpc) is 3.29. The summed E-state index contributed by atoms with van der Waals surface area (Å²) < 4.78 is 5.86. The van der Waals surface area contributed by atoms with Crippen LogP contribution in [0, 0.1) is 0 Å². The lowest BCUT2D eigenvalue weighted by atomic mass is 10.2. The van der Waals surface area contributed by atoms with E-state index in [1.165, 1.54) is 12.8 Å². The zero-order chi connectivity index (χ0) is 14.8. The Bertz CT molecular complexity index is 614. The van der Waals surface area contributed by atoms with Gasteiger partial charge in [-0.1, -0.05) is 0 Å². The molecule has 0 aromatic carbocycles. The van der Waals surface area contributed by atoms with E-state index in [-0.39, 0.29) is 6.10 Å². The molecule has 2 aromatic rings. The average molecular weight is 317 g/mol. The molecule has 2 aliphatic rings. The highest BCUT2D eigenvalue weighted by Gasteiger charge is 2.25. The van der Waals surface area contributed by atoms with Crippen LogP contribution in [0.1, 0.15) is 24.0 Å². The van der Waals surface area contributed by atoms with E-state index in [9.17, 15) is 0 Å². The second-order valence-electron chi connectivity index (χ2n) is 5.60. The number of ether oxygens (including phenoxy) is 1. The van der Waals surface area contributed by atoms with E-state index in [2.05, 4.69) is 30.8 Å². The molecule has 7 heteroatoms. The predicted molar refractivity (Wildman–Crippen MR) is 86.5 cm³/mol. The highest BCUT2D eigenvalue weighted by molar-refractivity contribution is 7.09. The Morgan fingerprint density at radius 3 is 2.64 bits per heavy atom. The van der Waals surface area contributed by atoms with Crippen LogP contribution < -0.4 is 9.80 Å². The van der Waals surface area contributed by atoms with Gasteiger partial charge in [0.15, 0.2) is 0 Å². The van der Waals surface area contributed by atoms with Crippen LogP contribution in [0.4, 0.5) is 11.6 Å². The van der Waals surface area contributed by atoms with E-state index in [1.54, 1.807) is 17.7 Å². The molecule has 22 heavy (non-hydrogen) atoms. The highest BCUT2D eigenvalue weighted by atomic mass is 32.1. The van der Waals surface area contributed by atoms with E-state index >= 15 is 0 Å². The number of rotatable bonds is 3. The van der Waals surface area contributed by atoms with Gasteiger partial charge in [-0.3, -0.25) is 0 Å². The van der Waals surface area contributed by atoms with Crippen LogP contribution in [0.25, 0.3) is 0 Å². The van der Waals surface area contributed by atoms with Gasteiger partial charge in [-0.05, 0) is 12.8 Å². The van der Waals surface area contributed by atoms with Crippen molar-refractivity contribution in [1.29, 1.82) is 0 Å². The molecule has 0 aliphatic carbocycles. The number of anilines is 2. The van der Waals surface area contributed by atoms with E-state index < -0.39 is 0 Å². The molecule has 2 saturated heterocycles. The topological polar surface area (TPSA) is 54.4 Å². The van der Waals surface area contributed by atoms with Gasteiger partial charge in [0.1, 0.15) is 29.1 Å². The molecule has 4 heterocycles. The summed E-state index contributed by atoms with van der Waals surface area (Å²) in [5.74, 6) is 2.03. The Kier molecular flexibility index (Phi) is 3.90. The largest absolute Gasteiger partial charge is 0.367 e. The molecule has 2 aliphatic heterocycles. The van der Waals surface area contributed by atoms with Crippen molar-refractivity contribution in [3.63, 3.8) is 0 Å². The molecule has 6 nitrogen and oxygen atoms in total. The van der Waals surface area contributed by atoms with Crippen LogP contribution in [0.5, 0.6) is 0 Å². The first-order chi connectivity index (χ1) is 10.9. The van der Waals surface area contributed by atoms with Gasteiger partial charge in [-0.25, -0.2) is 15.0 Å². The zero-order valence-electron chi connectivity index (χ0n) is 12.4. The van der Waals surface area contributed by atoms with E-state index in [4.69, 9.17) is 4.74 Å².